The van der Waals surface area contributed by atoms with Gasteiger partial charge >= 0.3 is 0 Å². The fourth-order valence-electron chi connectivity index (χ4n) is 2.59. The maximum atomic E-state index is 9.47. The van der Waals surface area contributed by atoms with Crippen LogP contribution in [0.1, 0.15) is 32.3 Å². The number of hydrogen-bond acceptors (Lipinski definition) is 2. The molecule has 0 aromatic heterocycles. The van der Waals surface area contributed by atoms with Gasteiger partial charge in [0.05, 0.1) is 4.47 Å². The van der Waals surface area contributed by atoms with Crippen molar-refractivity contribution in [1.29, 1.82) is 0 Å². The fraction of sp³-hybridized carbons (Fsp3) is 0.571. The van der Waals surface area contributed by atoms with Gasteiger partial charge in [0.2, 0.25) is 0 Å². The molecule has 0 unspecified atom stereocenters. The van der Waals surface area contributed by atoms with E-state index in [1.165, 1.54) is 24.9 Å². The second kappa shape index (κ2) is 4.99. The molecule has 1 aliphatic heterocycles. The van der Waals surface area contributed by atoms with E-state index >= 15 is 0 Å². The van der Waals surface area contributed by atoms with Crippen molar-refractivity contribution in [2.45, 2.75) is 33.2 Å². The van der Waals surface area contributed by atoms with Gasteiger partial charge in [-0.15, -0.1) is 0 Å². The normalized spacial score (nSPS) is 20.4. The van der Waals surface area contributed by atoms with Crippen LogP contribution < -0.4 is 0 Å². The van der Waals surface area contributed by atoms with E-state index < -0.39 is 0 Å². The number of likely N-dealkylation sites (tertiary alicyclic amines) is 1. The van der Waals surface area contributed by atoms with Crippen molar-refractivity contribution < 1.29 is 5.11 Å². The number of nitrogens with zero attached hydrogens (tertiary/aromatic N) is 1. The Morgan fingerprint density at radius 1 is 1.41 bits per heavy atom. The monoisotopic (exact) mass is 297 g/mol. The van der Waals surface area contributed by atoms with Crippen molar-refractivity contribution in [3.8, 4) is 5.75 Å². The molecular formula is C14H20BrNO. The molecule has 94 valence electrons. The molecule has 1 N–H and O–H groups in total. The lowest BCUT2D eigenvalue weighted by Crippen LogP contribution is -2.39. The standard InChI is InChI=1S/C14H20BrNO/c1-14(2)6-3-7-16(10-14)9-11-4-5-13(17)12(15)8-11/h4-5,8,17H,3,6-7,9-10H2,1-2H3. The zero-order valence-corrected chi connectivity index (χ0v) is 12.1. The van der Waals surface area contributed by atoms with Gasteiger partial charge in [0, 0.05) is 13.1 Å². The van der Waals surface area contributed by atoms with E-state index in [1.807, 2.05) is 12.1 Å². The Balaban J connectivity index is 2.03. The molecule has 0 amide bonds. The molecular weight excluding hydrogens is 278 g/mol. The predicted octanol–water partition coefficient (Wildman–Crippen LogP) is 3.78. The molecule has 3 heteroatoms. The molecule has 1 aromatic rings. The van der Waals surface area contributed by atoms with Crippen LogP contribution in [0.3, 0.4) is 0 Å². The van der Waals surface area contributed by atoms with Gasteiger partial charge in [-0.3, -0.25) is 4.90 Å². The van der Waals surface area contributed by atoms with Crippen molar-refractivity contribution in [3.63, 3.8) is 0 Å². The van der Waals surface area contributed by atoms with Gasteiger partial charge in [-0.1, -0.05) is 19.9 Å². The summed E-state index contributed by atoms with van der Waals surface area (Å²) in [7, 11) is 0. The van der Waals surface area contributed by atoms with Crippen LogP contribution in [0.15, 0.2) is 22.7 Å². The molecule has 0 aliphatic carbocycles. The number of hydrogen-bond donors (Lipinski definition) is 1. The first-order chi connectivity index (χ1) is 7.96. The summed E-state index contributed by atoms with van der Waals surface area (Å²) < 4.78 is 0.784. The van der Waals surface area contributed by atoms with Gasteiger partial charge < -0.3 is 5.11 Å². The van der Waals surface area contributed by atoms with Gasteiger partial charge in [-0.2, -0.15) is 0 Å². The largest absolute Gasteiger partial charge is 0.507 e. The summed E-state index contributed by atoms with van der Waals surface area (Å²) in [5.41, 5.74) is 1.69. The zero-order valence-electron chi connectivity index (χ0n) is 10.5. The molecule has 1 saturated heterocycles. The van der Waals surface area contributed by atoms with Gasteiger partial charge in [-0.25, -0.2) is 0 Å². The molecule has 0 atom stereocenters. The van der Waals surface area contributed by atoms with Crippen LogP contribution in [-0.2, 0) is 6.54 Å². The minimum Gasteiger partial charge on any atom is -0.507 e. The Hall–Kier alpha value is -0.540. The van der Waals surface area contributed by atoms with Crippen LogP contribution in [-0.4, -0.2) is 23.1 Å². The number of piperidine rings is 1. The van der Waals surface area contributed by atoms with Gasteiger partial charge in [0.15, 0.2) is 0 Å². The zero-order chi connectivity index (χ0) is 12.5. The van der Waals surface area contributed by atoms with E-state index in [-0.39, 0.29) is 0 Å². The van der Waals surface area contributed by atoms with E-state index in [4.69, 9.17) is 0 Å². The van der Waals surface area contributed by atoms with Crippen LogP contribution in [0.2, 0.25) is 0 Å². The SMILES string of the molecule is CC1(C)CCCN(Cc2ccc(O)c(Br)c2)C1. The first-order valence-electron chi connectivity index (χ1n) is 6.16. The summed E-state index contributed by atoms with van der Waals surface area (Å²) in [6.45, 7) is 7.99. The minimum atomic E-state index is 0.313. The lowest BCUT2D eigenvalue weighted by molar-refractivity contribution is 0.111. The highest BCUT2D eigenvalue weighted by molar-refractivity contribution is 9.10. The first-order valence-corrected chi connectivity index (χ1v) is 6.95. The molecule has 0 bridgehead atoms. The molecule has 0 spiro atoms. The Labute approximate surface area is 112 Å². The van der Waals surface area contributed by atoms with E-state index in [0.29, 0.717) is 11.2 Å². The summed E-state index contributed by atoms with van der Waals surface area (Å²) in [5, 5.41) is 9.47. The van der Waals surface area contributed by atoms with Crippen LogP contribution in [0.25, 0.3) is 0 Å². The number of halogens is 1. The van der Waals surface area contributed by atoms with Crippen LogP contribution in [0.5, 0.6) is 5.75 Å². The summed E-state index contributed by atoms with van der Waals surface area (Å²) >= 11 is 3.36. The van der Waals surface area contributed by atoms with E-state index in [9.17, 15) is 5.11 Å². The Kier molecular flexibility index (Phi) is 3.79. The Morgan fingerprint density at radius 3 is 2.82 bits per heavy atom. The second-order valence-electron chi connectivity index (χ2n) is 5.76. The van der Waals surface area contributed by atoms with Crippen molar-refractivity contribution >= 4 is 15.9 Å². The summed E-state index contributed by atoms with van der Waals surface area (Å²) in [6, 6.07) is 5.77. The van der Waals surface area contributed by atoms with Crippen molar-refractivity contribution in [3.05, 3.63) is 28.2 Å². The molecule has 1 fully saturated rings. The average Bonchev–Trinajstić information content (AvgIpc) is 2.22. The van der Waals surface area contributed by atoms with E-state index in [2.05, 4.69) is 34.7 Å². The van der Waals surface area contributed by atoms with Crippen LogP contribution in [0, 0.1) is 5.41 Å². The molecule has 1 aromatic carbocycles. The topological polar surface area (TPSA) is 23.5 Å². The van der Waals surface area contributed by atoms with Gasteiger partial charge in [0.1, 0.15) is 5.75 Å². The highest BCUT2D eigenvalue weighted by Gasteiger charge is 2.26. The lowest BCUT2D eigenvalue weighted by Gasteiger charge is -2.38. The Morgan fingerprint density at radius 2 is 2.18 bits per heavy atom. The third-order valence-corrected chi connectivity index (χ3v) is 4.03. The molecule has 1 aliphatic rings. The molecule has 17 heavy (non-hydrogen) atoms. The van der Waals surface area contributed by atoms with Crippen LogP contribution in [0.4, 0.5) is 0 Å². The number of benzene rings is 1. The Bertz CT molecular complexity index is 403. The van der Waals surface area contributed by atoms with Gasteiger partial charge in [-0.05, 0) is 58.4 Å². The molecule has 1 heterocycles. The summed E-state index contributed by atoms with van der Waals surface area (Å²) in [4.78, 5) is 2.50. The molecule has 0 saturated carbocycles. The van der Waals surface area contributed by atoms with Crippen LogP contribution >= 0.6 is 15.9 Å². The van der Waals surface area contributed by atoms with Crippen molar-refractivity contribution in [2.24, 2.45) is 5.41 Å². The second-order valence-corrected chi connectivity index (χ2v) is 6.62. The van der Waals surface area contributed by atoms with Crippen molar-refractivity contribution in [1.82, 2.24) is 4.90 Å². The highest BCUT2D eigenvalue weighted by atomic mass is 79.9. The summed E-state index contributed by atoms with van der Waals surface area (Å²) in [5.74, 6) is 0.313. The number of aromatic hydroxyl groups is 1. The summed E-state index contributed by atoms with van der Waals surface area (Å²) in [6.07, 6.45) is 2.61. The van der Waals surface area contributed by atoms with E-state index in [1.54, 1.807) is 6.07 Å². The molecule has 2 rings (SSSR count). The quantitative estimate of drug-likeness (QED) is 0.898. The molecule has 0 radical (unpaired) electrons. The number of phenolic OH excluding ortho intramolecular Hbond substituents is 1. The van der Waals surface area contributed by atoms with E-state index in [0.717, 1.165) is 17.6 Å². The maximum Gasteiger partial charge on any atom is 0.129 e. The predicted molar refractivity (Wildman–Crippen MR) is 74.1 cm³/mol. The lowest BCUT2D eigenvalue weighted by atomic mass is 9.84. The highest BCUT2D eigenvalue weighted by Crippen LogP contribution is 2.30. The minimum absolute atomic E-state index is 0.313. The maximum absolute atomic E-state index is 9.47. The average molecular weight is 298 g/mol. The van der Waals surface area contributed by atoms with Gasteiger partial charge in [0.25, 0.3) is 0 Å². The fourth-order valence-corrected chi connectivity index (χ4v) is 3.01. The molecule has 2 nitrogen and oxygen atoms in total. The smallest absolute Gasteiger partial charge is 0.129 e. The number of rotatable bonds is 2. The number of phenols is 1. The third kappa shape index (κ3) is 3.46. The third-order valence-electron chi connectivity index (χ3n) is 3.40. The first kappa shape index (κ1) is 12.9. The van der Waals surface area contributed by atoms with Crippen molar-refractivity contribution in [2.75, 3.05) is 13.1 Å².